The van der Waals surface area contributed by atoms with Gasteiger partial charge in [-0.25, -0.2) is 0 Å². The standard InChI is InChI=1S/C41H70N2O6/c1-11-46-34(36(5,6)45)26-20-25(2)31-32(48-26)33(44)39(9)28-13-12-27-35(3,4)29(14-15-40(27)22-41(28,40)17-16-38(31,39)8)49-30-21-43(18-19-47-30)37(7)23-42(10)24-37/h25-34,44-45H,11-24H2,1-10H3/t25-,26?,27+,28?,29+,30+,31+,32?,33+,34+,38-,39-,40-,41+/m1/s1. The van der Waals surface area contributed by atoms with Crippen LogP contribution in [0.15, 0.2) is 0 Å². The van der Waals surface area contributed by atoms with Gasteiger partial charge in [0.15, 0.2) is 6.29 Å². The number of ether oxygens (including phenoxy) is 4. The zero-order valence-electron chi connectivity index (χ0n) is 32.6. The molecule has 8 aliphatic rings. The van der Waals surface area contributed by atoms with E-state index in [0.29, 0.717) is 41.1 Å². The highest BCUT2D eigenvalue weighted by atomic mass is 16.7. The number of hydrogen-bond donors (Lipinski definition) is 2. The van der Waals surface area contributed by atoms with Crippen molar-refractivity contribution in [3.05, 3.63) is 0 Å². The average Bonchev–Trinajstić information content (AvgIpc) is 3.65. The maximum atomic E-state index is 12.6. The molecule has 0 aromatic carbocycles. The maximum Gasteiger partial charge on any atom is 0.170 e. The third-order valence-corrected chi connectivity index (χ3v) is 17.5. The minimum Gasteiger partial charge on any atom is -0.390 e. The van der Waals surface area contributed by atoms with Gasteiger partial charge in [0.05, 0.1) is 43.2 Å². The van der Waals surface area contributed by atoms with Gasteiger partial charge in [-0.2, -0.15) is 0 Å². The Morgan fingerprint density at radius 2 is 1.67 bits per heavy atom. The number of likely N-dealkylation sites (tertiary alicyclic amines) is 1. The predicted octanol–water partition coefficient (Wildman–Crippen LogP) is 5.72. The topological polar surface area (TPSA) is 83.9 Å². The second-order valence-corrected chi connectivity index (χ2v) is 20.6. The van der Waals surface area contributed by atoms with Crippen LogP contribution >= 0.6 is 0 Å². The highest BCUT2D eigenvalue weighted by molar-refractivity contribution is 5.33. The summed E-state index contributed by atoms with van der Waals surface area (Å²) < 4.78 is 26.5. The van der Waals surface area contributed by atoms with Crippen LogP contribution < -0.4 is 0 Å². The van der Waals surface area contributed by atoms with Gasteiger partial charge in [0.2, 0.25) is 0 Å². The fraction of sp³-hybridized carbons (Fsp3) is 1.00. The van der Waals surface area contributed by atoms with E-state index in [9.17, 15) is 10.2 Å². The summed E-state index contributed by atoms with van der Waals surface area (Å²) in [4.78, 5) is 5.03. The predicted molar refractivity (Wildman–Crippen MR) is 190 cm³/mol. The normalized spacial score (nSPS) is 52.5. The Labute approximate surface area is 297 Å². The molecule has 280 valence electrons. The molecular weight excluding hydrogens is 616 g/mol. The van der Waals surface area contributed by atoms with Crippen LogP contribution in [0.4, 0.5) is 0 Å². The SMILES string of the molecule is CCO[C@@H](C1C[C@@H](C)[C@H]2C(O1)[C@H](O)[C@@]1(C)C3CC[C@H]4C(C)(C)[C@@H](O[C@H]5CN(C6(C)CN(C)C6)CCO5)CC[C@@]45C[C@@]35CC[C@]21C)C(C)(C)O. The van der Waals surface area contributed by atoms with E-state index in [4.69, 9.17) is 18.9 Å². The molecule has 0 amide bonds. The summed E-state index contributed by atoms with van der Waals surface area (Å²) in [7, 11) is 2.21. The third kappa shape index (κ3) is 4.75. The average molecular weight is 687 g/mol. The minimum absolute atomic E-state index is 0.0236. The largest absolute Gasteiger partial charge is 0.390 e. The third-order valence-electron chi connectivity index (χ3n) is 17.5. The van der Waals surface area contributed by atoms with Crippen LogP contribution in [-0.2, 0) is 18.9 Å². The van der Waals surface area contributed by atoms with Crippen molar-refractivity contribution in [2.75, 3.05) is 46.4 Å². The molecule has 14 atom stereocenters. The molecule has 0 aromatic heterocycles. The highest BCUT2D eigenvalue weighted by Crippen LogP contribution is 2.89. The molecule has 2 N–H and O–H groups in total. The van der Waals surface area contributed by atoms with Crippen molar-refractivity contribution >= 4 is 0 Å². The van der Waals surface area contributed by atoms with Crippen molar-refractivity contribution in [3.63, 3.8) is 0 Å². The molecule has 5 saturated carbocycles. The molecule has 8 heteroatoms. The van der Waals surface area contributed by atoms with Gasteiger partial charge in [0.25, 0.3) is 0 Å². The van der Waals surface area contributed by atoms with E-state index in [-0.39, 0.29) is 46.4 Å². The van der Waals surface area contributed by atoms with Crippen LogP contribution in [0, 0.1) is 50.7 Å². The molecule has 2 spiro atoms. The lowest BCUT2D eigenvalue weighted by molar-refractivity contribution is -0.258. The Balaban J connectivity index is 1.01. The van der Waals surface area contributed by atoms with Crippen LogP contribution in [0.1, 0.15) is 114 Å². The van der Waals surface area contributed by atoms with Crippen LogP contribution in [0.25, 0.3) is 0 Å². The van der Waals surface area contributed by atoms with Gasteiger partial charge in [0, 0.05) is 37.2 Å². The number of likely N-dealkylation sites (N-methyl/N-ethyl adjacent to an activating group) is 1. The van der Waals surface area contributed by atoms with Crippen molar-refractivity contribution in [2.24, 2.45) is 50.7 Å². The van der Waals surface area contributed by atoms with E-state index in [1.165, 1.54) is 38.5 Å². The summed E-state index contributed by atoms with van der Waals surface area (Å²) >= 11 is 0. The monoisotopic (exact) mass is 687 g/mol. The Hall–Kier alpha value is -0.320. The molecule has 0 aromatic rings. The summed E-state index contributed by atoms with van der Waals surface area (Å²) in [6.07, 6.45) is 8.13. The van der Waals surface area contributed by atoms with Gasteiger partial charge in [-0.05, 0) is 131 Å². The highest BCUT2D eigenvalue weighted by Gasteiger charge is 2.84. The second-order valence-electron chi connectivity index (χ2n) is 20.6. The van der Waals surface area contributed by atoms with E-state index < -0.39 is 17.8 Å². The maximum absolute atomic E-state index is 12.6. The number of hydrogen-bond acceptors (Lipinski definition) is 8. The molecule has 5 aliphatic carbocycles. The van der Waals surface area contributed by atoms with E-state index in [2.05, 4.69) is 58.4 Å². The lowest BCUT2D eigenvalue weighted by atomic mass is 9.41. The molecule has 0 bridgehead atoms. The number of aliphatic hydroxyl groups is 2. The number of fused-ring (bicyclic) bond motifs is 4. The fourth-order valence-corrected chi connectivity index (χ4v) is 15.4. The Morgan fingerprint density at radius 3 is 2.35 bits per heavy atom. The van der Waals surface area contributed by atoms with Gasteiger partial charge < -0.3 is 34.1 Å². The van der Waals surface area contributed by atoms with E-state index >= 15 is 0 Å². The Morgan fingerprint density at radius 1 is 0.980 bits per heavy atom. The van der Waals surface area contributed by atoms with Crippen molar-refractivity contribution < 1.29 is 29.2 Å². The van der Waals surface area contributed by atoms with Gasteiger partial charge in [0.1, 0.15) is 6.10 Å². The Bertz CT molecular complexity index is 1280. The van der Waals surface area contributed by atoms with Crippen LogP contribution in [-0.4, -0.2) is 114 Å². The lowest BCUT2D eigenvalue weighted by Crippen LogP contribution is -2.70. The molecule has 49 heavy (non-hydrogen) atoms. The van der Waals surface area contributed by atoms with Gasteiger partial charge in [-0.3, -0.25) is 4.90 Å². The summed E-state index contributed by atoms with van der Waals surface area (Å²) in [5.74, 6) is 1.85. The zero-order valence-corrected chi connectivity index (χ0v) is 32.6. The minimum atomic E-state index is -1.01. The van der Waals surface area contributed by atoms with Crippen LogP contribution in [0.2, 0.25) is 0 Å². The molecule has 3 saturated heterocycles. The first-order chi connectivity index (χ1) is 22.9. The van der Waals surface area contributed by atoms with Gasteiger partial charge in [-0.15, -0.1) is 0 Å². The summed E-state index contributed by atoms with van der Waals surface area (Å²) in [6, 6.07) is 0. The molecule has 3 unspecified atom stereocenters. The van der Waals surface area contributed by atoms with Crippen LogP contribution in [0.5, 0.6) is 0 Å². The summed E-state index contributed by atoms with van der Waals surface area (Å²) in [5, 5.41) is 23.7. The summed E-state index contributed by atoms with van der Waals surface area (Å²) in [5.41, 5.74) is -0.192. The van der Waals surface area contributed by atoms with E-state index in [1.54, 1.807) is 0 Å². The van der Waals surface area contributed by atoms with Crippen LogP contribution in [0.3, 0.4) is 0 Å². The van der Waals surface area contributed by atoms with Gasteiger partial charge in [-0.1, -0.05) is 34.6 Å². The van der Waals surface area contributed by atoms with Gasteiger partial charge >= 0.3 is 0 Å². The first-order valence-corrected chi connectivity index (χ1v) is 20.3. The molecule has 3 heterocycles. The first kappa shape index (κ1) is 35.7. The zero-order chi connectivity index (χ0) is 35.2. The molecule has 8 nitrogen and oxygen atoms in total. The molecule has 3 aliphatic heterocycles. The summed E-state index contributed by atoms with van der Waals surface area (Å²) in [6.45, 7) is 25.9. The smallest absolute Gasteiger partial charge is 0.170 e. The quantitative estimate of drug-likeness (QED) is 0.352. The van der Waals surface area contributed by atoms with Crippen molar-refractivity contribution in [3.8, 4) is 0 Å². The van der Waals surface area contributed by atoms with Crippen molar-refractivity contribution in [2.45, 2.75) is 162 Å². The number of aliphatic hydroxyl groups excluding tert-OH is 1. The molecule has 8 fully saturated rings. The number of rotatable bonds is 7. The Kier molecular flexibility index (Phi) is 8.27. The molecule has 0 radical (unpaired) electrons. The lowest BCUT2D eigenvalue weighted by Gasteiger charge is -2.64. The molecule has 8 rings (SSSR count). The number of nitrogens with zero attached hydrogens (tertiary/aromatic N) is 2. The second kappa shape index (κ2) is 11.3. The van der Waals surface area contributed by atoms with E-state index in [0.717, 1.165) is 45.6 Å². The first-order valence-electron chi connectivity index (χ1n) is 20.3. The number of morpholine rings is 1. The van der Waals surface area contributed by atoms with Crippen molar-refractivity contribution in [1.82, 2.24) is 9.80 Å². The van der Waals surface area contributed by atoms with E-state index in [1.807, 2.05) is 20.8 Å². The fourth-order valence-electron chi connectivity index (χ4n) is 15.4. The molecular formula is C41H70N2O6. The van der Waals surface area contributed by atoms with Crippen molar-refractivity contribution in [1.29, 1.82) is 0 Å².